The fraction of sp³-hybridized carbons (Fsp3) is 0.571. The number of unbranched alkanes of at least 4 members (excludes halogenated alkanes) is 3. The normalized spacial score (nSPS) is 11.8. The van der Waals surface area contributed by atoms with E-state index in [1.807, 2.05) is 20.8 Å². The number of carbonyl (C=O) groups excluding carboxylic acids is 3. The Bertz CT molecular complexity index is 1160. The lowest BCUT2D eigenvalue weighted by molar-refractivity contribution is -0.922. The Morgan fingerprint density at radius 3 is 1.98 bits per heavy atom. The molecule has 44 heavy (non-hydrogen) atoms. The minimum atomic E-state index is -0.378. The highest BCUT2D eigenvalue weighted by molar-refractivity contribution is 6.08. The second kappa shape index (κ2) is 20.4. The molecule has 1 unspecified atom stereocenters. The molecule has 0 aromatic heterocycles. The highest BCUT2D eigenvalue weighted by Gasteiger charge is 2.21. The van der Waals surface area contributed by atoms with Gasteiger partial charge in [0.05, 0.1) is 44.4 Å². The molecule has 0 saturated heterocycles. The molecule has 2 rings (SSSR count). The van der Waals surface area contributed by atoms with E-state index in [9.17, 15) is 14.4 Å². The van der Waals surface area contributed by atoms with Crippen LogP contribution in [0.3, 0.4) is 0 Å². The summed E-state index contributed by atoms with van der Waals surface area (Å²) >= 11 is 0. The lowest BCUT2D eigenvalue weighted by Gasteiger charge is -2.35. The van der Waals surface area contributed by atoms with E-state index in [1.54, 1.807) is 42.5 Å². The fourth-order valence-corrected chi connectivity index (χ4v) is 5.04. The molecule has 2 aromatic carbocycles. The van der Waals surface area contributed by atoms with Gasteiger partial charge < -0.3 is 49.1 Å². The molecule has 0 aliphatic carbocycles. The summed E-state index contributed by atoms with van der Waals surface area (Å²) in [4.78, 5) is 39.0. The van der Waals surface area contributed by atoms with Crippen LogP contribution in [0.25, 0.3) is 0 Å². The second-order valence-electron chi connectivity index (χ2n) is 11.9. The predicted octanol–water partition coefficient (Wildman–Crippen LogP) is 3.67. The van der Waals surface area contributed by atoms with E-state index < -0.39 is 0 Å². The molecule has 2 aromatic rings. The van der Waals surface area contributed by atoms with E-state index in [1.165, 1.54) is 12.8 Å². The summed E-state index contributed by atoms with van der Waals surface area (Å²) in [5, 5.41) is 8.86. The van der Waals surface area contributed by atoms with Crippen LogP contribution in [0, 0.1) is 5.92 Å². The Labute approximate surface area is 282 Å². The Morgan fingerprint density at radius 2 is 1.39 bits per heavy atom. The van der Waals surface area contributed by atoms with Crippen LogP contribution in [0.1, 0.15) is 112 Å². The van der Waals surface area contributed by atoms with Crippen molar-refractivity contribution < 1.29 is 47.6 Å². The van der Waals surface area contributed by atoms with Gasteiger partial charge in [-0.1, -0.05) is 40.0 Å². The average molecular weight is 723 g/mol. The van der Waals surface area contributed by atoms with Crippen LogP contribution in [0.15, 0.2) is 42.5 Å². The molecule has 8 nitrogen and oxygen atoms in total. The van der Waals surface area contributed by atoms with Crippen molar-refractivity contribution in [2.75, 3.05) is 44.6 Å². The number of nitrogens with one attached hydrogen (secondary N) is 3. The van der Waals surface area contributed by atoms with Gasteiger partial charge in [0, 0.05) is 23.4 Å². The summed E-state index contributed by atoms with van der Waals surface area (Å²) in [6, 6.07) is 11.8. The van der Waals surface area contributed by atoms with Gasteiger partial charge in [0.1, 0.15) is 5.75 Å². The SMILES string of the molecule is CCCCCCC(C)Oc1ccc(C(=O)NCC(C)C)cc1C(=O)Nc1ccc(C(=O)NCC[N+](CC)(CC)CC)cc1.[I-]. The van der Waals surface area contributed by atoms with E-state index in [0.29, 0.717) is 47.1 Å². The molecular formula is C35H55IN4O4. The minimum absolute atomic E-state index is 0. The zero-order valence-corrected chi connectivity index (χ0v) is 30.1. The highest BCUT2D eigenvalue weighted by Crippen LogP contribution is 2.25. The maximum Gasteiger partial charge on any atom is 0.259 e. The molecule has 3 amide bonds. The zero-order valence-electron chi connectivity index (χ0n) is 27.9. The second-order valence-corrected chi connectivity index (χ2v) is 11.9. The third-order valence-electron chi connectivity index (χ3n) is 8.24. The van der Waals surface area contributed by atoms with Crippen LogP contribution in [0.2, 0.25) is 0 Å². The molecule has 3 N–H and O–H groups in total. The third-order valence-corrected chi connectivity index (χ3v) is 8.24. The van der Waals surface area contributed by atoms with Gasteiger partial charge in [-0.25, -0.2) is 0 Å². The van der Waals surface area contributed by atoms with Crippen molar-refractivity contribution in [3.63, 3.8) is 0 Å². The van der Waals surface area contributed by atoms with Crippen LogP contribution in [0.5, 0.6) is 5.75 Å². The quantitative estimate of drug-likeness (QED) is 0.117. The first-order valence-electron chi connectivity index (χ1n) is 16.2. The average Bonchev–Trinajstić information content (AvgIpc) is 3.01. The molecule has 0 heterocycles. The molecule has 246 valence electrons. The number of ether oxygens (including phenoxy) is 1. The van der Waals surface area contributed by atoms with Crippen LogP contribution < -0.4 is 44.7 Å². The molecule has 0 aliphatic heterocycles. The number of hydrogen-bond acceptors (Lipinski definition) is 4. The number of likely N-dealkylation sites (N-methyl/N-ethyl adjacent to an activating group) is 1. The summed E-state index contributed by atoms with van der Waals surface area (Å²) in [6.45, 7) is 19.9. The van der Waals surface area contributed by atoms with E-state index in [-0.39, 0.29) is 47.8 Å². The van der Waals surface area contributed by atoms with Gasteiger partial charge in [-0.2, -0.15) is 0 Å². The molecule has 1 atom stereocenters. The van der Waals surface area contributed by atoms with Gasteiger partial charge in [0.25, 0.3) is 17.7 Å². The molecule has 0 saturated carbocycles. The largest absolute Gasteiger partial charge is 1.00 e. The van der Waals surface area contributed by atoms with Crippen LogP contribution in [-0.2, 0) is 0 Å². The third kappa shape index (κ3) is 12.8. The van der Waals surface area contributed by atoms with Crippen molar-refractivity contribution >= 4 is 23.4 Å². The number of nitrogens with zero attached hydrogens (tertiary/aromatic N) is 1. The van der Waals surface area contributed by atoms with E-state index in [0.717, 1.165) is 49.9 Å². The van der Waals surface area contributed by atoms with Crippen molar-refractivity contribution in [2.24, 2.45) is 5.92 Å². The number of anilines is 1. The maximum atomic E-state index is 13.5. The van der Waals surface area contributed by atoms with Crippen LogP contribution in [0.4, 0.5) is 5.69 Å². The first kappa shape index (κ1) is 39.4. The van der Waals surface area contributed by atoms with E-state index >= 15 is 0 Å². The monoisotopic (exact) mass is 722 g/mol. The Kier molecular flexibility index (Phi) is 18.2. The number of carbonyl (C=O) groups is 3. The van der Waals surface area contributed by atoms with E-state index in [2.05, 4.69) is 43.6 Å². The number of benzene rings is 2. The van der Waals surface area contributed by atoms with Crippen molar-refractivity contribution in [3.8, 4) is 5.75 Å². The summed E-state index contributed by atoms with van der Waals surface area (Å²) in [5.41, 5.74) is 1.78. The Morgan fingerprint density at radius 1 is 0.773 bits per heavy atom. The summed E-state index contributed by atoms with van der Waals surface area (Å²) in [7, 11) is 0. The Hall–Kier alpha value is -2.66. The molecule has 0 aliphatic rings. The standard InChI is InChI=1S/C35H54N4O4.HI/c1-8-12-13-14-15-27(7)43-32-21-18-29(34(41)37-25-26(5)6)24-31(32)35(42)38-30-19-16-28(17-20-30)33(40)36-22-23-39(9-2,10-3)11-4;/h16-21,24,26-27H,8-15,22-23,25H2,1-7H3,(H2-,36,37,38,40,41,42);1H. The van der Waals surface area contributed by atoms with Gasteiger partial charge in [-0.15, -0.1) is 0 Å². The van der Waals surface area contributed by atoms with Crippen LogP contribution in [-0.4, -0.2) is 67.6 Å². The lowest BCUT2D eigenvalue weighted by Crippen LogP contribution is -3.00. The van der Waals surface area contributed by atoms with Crippen LogP contribution >= 0.6 is 0 Å². The van der Waals surface area contributed by atoms with Gasteiger partial charge in [-0.3, -0.25) is 14.4 Å². The van der Waals surface area contributed by atoms with E-state index in [4.69, 9.17) is 4.74 Å². The molecule has 0 bridgehead atoms. The van der Waals surface area contributed by atoms with Gasteiger partial charge >= 0.3 is 0 Å². The van der Waals surface area contributed by atoms with Gasteiger partial charge in [0.2, 0.25) is 0 Å². The zero-order chi connectivity index (χ0) is 31.8. The predicted molar refractivity (Wildman–Crippen MR) is 176 cm³/mol. The Balaban J connectivity index is 0.00000968. The molecule has 0 radical (unpaired) electrons. The molecule has 0 fully saturated rings. The summed E-state index contributed by atoms with van der Waals surface area (Å²) in [6.07, 6.45) is 5.38. The summed E-state index contributed by atoms with van der Waals surface area (Å²) in [5.74, 6) is 0.00660. The van der Waals surface area contributed by atoms with Crippen molar-refractivity contribution in [1.29, 1.82) is 0 Å². The van der Waals surface area contributed by atoms with Crippen molar-refractivity contribution in [2.45, 2.75) is 86.7 Å². The van der Waals surface area contributed by atoms with Gasteiger partial charge in [-0.05, 0) is 88.9 Å². The maximum absolute atomic E-state index is 13.5. The van der Waals surface area contributed by atoms with Gasteiger partial charge in [0.15, 0.2) is 0 Å². The smallest absolute Gasteiger partial charge is 0.259 e. The first-order valence-corrected chi connectivity index (χ1v) is 16.2. The first-order chi connectivity index (χ1) is 20.6. The highest BCUT2D eigenvalue weighted by atomic mass is 127. The number of amides is 3. The fourth-order valence-electron chi connectivity index (χ4n) is 5.04. The lowest BCUT2D eigenvalue weighted by atomic mass is 10.1. The van der Waals surface area contributed by atoms with Crippen molar-refractivity contribution in [3.05, 3.63) is 59.2 Å². The molecule has 0 spiro atoms. The minimum Gasteiger partial charge on any atom is -1.00 e. The number of hydrogen-bond donors (Lipinski definition) is 3. The summed E-state index contributed by atoms with van der Waals surface area (Å²) < 4.78 is 7.17. The molecule has 9 heteroatoms. The van der Waals surface area contributed by atoms with Crippen molar-refractivity contribution in [1.82, 2.24) is 10.6 Å². The molecular weight excluding hydrogens is 667 g/mol. The topological polar surface area (TPSA) is 96.5 Å². The number of rotatable bonds is 19. The number of halogens is 1. The number of quaternary nitrogens is 1.